The smallest absolute Gasteiger partial charge is 0.257 e. The van der Waals surface area contributed by atoms with Crippen molar-refractivity contribution in [2.24, 2.45) is 4.99 Å². The van der Waals surface area contributed by atoms with Gasteiger partial charge in [0.2, 0.25) is 0 Å². The molecule has 0 saturated carbocycles. The Kier molecular flexibility index (Phi) is 10.1. The molecule has 0 amide bonds. The van der Waals surface area contributed by atoms with E-state index in [0.717, 1.165) is 41.5 Å². The fourth-order valence-electron chi connectivity index (χ4n) is 2.77. The summed E-state index contributed by atoms with van der Waals surface area (Å²) in [6, 6.07) is 17.8. The predicted octanol–water partition coefficient (Wildman–Crippen LogP) is 4.05. The average molecular weight is 521 g/mol. The molecule has 1 aromatic heterocycles. The first-order valence-corrected chi connectivity index (χ1v) is 9.82. The molecule has 0 bridgehead atoms. The number of ether oxygens (including phenoxy) is 1. The van der Waals surface area contributed by atoms with Crippen LogP contribution in [0.3, 0.4) is 0 Å². The Labute approximate surface area is 194 Å². The number of aromatic nitrogens is 2. The molecular weight excluding hydrogens is 493 g/mol. The molecule has 0 radical (unpaired) electrons. The highest BCUT2D eigenvalue weighted by molar-refractivity contribution is 14.0. The van der Waals surface area contributed by atoms with Crippen LogP contribution in [0.1, 0.15) is 24.7 Å². The lowest BCUT2D eigenvalue weighted by Crippen LogP contribution is -2.38. The van der Waals surface area contributed by atoms with Crippen LogP contribution in [0.2, 0.25) is 0 Å². The molecule has 0 aliphatic heterocycles. The van der Waals surface area contributed by atoms with Crippen LogP contribution in [0.15, 0.2) is 64.1 Å². The maximum atomic E-state index is 5.68. The zero-order valence-corrected chi connectivity index (χ0v) is 19.6. The molecule has 0 spiro atoms. The maximum Gasteiger partial charge on any atom is 0.257 e. The second-order valence-corrected chi connectivity index (χ2v) is 6.48. The van der Waals surface area contributed by atoms with E-state index in [0.29, 0.717) is 25.6 Å². The Balaban J connectivity index is 0.00000320. The first-order valence-electron chi connectivity index (χ1n) is 9.82. The van der Waals surface area contributed by atoms with Crippen LogP contribution in [0, 0.1) is 0 Å². The van der Waals surface area contributed by atoms with Crippen LogP contribution in [-0.4, -0.2) is 36.3 Å². The van der Waals surface area contributed by atoms with Gasteiger partial charge in [-0.2, -0.15) is 4.98 Å². The van der Waals surface area contributed by atoms with Gasteiger partial charge >= 0.3 is 0 Å². The second-order valence-electron chi connectivity index (χ2n) is 6.48. The highest BCUT2D eigenvalue weighted by Gasteiger charge is 2.09. The van der Waals surface area contributed by atoms with Gasteiger partial charge in [0.15, 0.2) is 11.8 Å². The van der Waals surface area contributed by atoms with Crippen molar-refractivity contribution < 1.29 is 9.26 Å². The van der Waals surface area contributed by atoms with Gasteiger partial charge in [0.05, 0.1) is 6.54 Å². The summed E-state index contributed by atoms with van der Waals surface area (Å²) in [6.07, 6.45) is 1.81. The fraction of sp³-hybridized carbons (Fsp3) is 0.318. The molecule has 0 saturated heterocycles. The number of nitrogens with zero attached hydrogens (tertiary/aromatic N) is 3. The molecule has 8 heteroatoms. The number of hydrogen-bond donors (Lipinski definition) is 2. The molecule has 30 heavy (non-hydrogen) atoms. The number of guanidine groups is 1. The van der Waals surface area contributed by atoms with Crippen molar-refractivity contribution in [3.63, 3.8) is 0 Å². The minimum atomic E-state index is 0. The van der Waals surface area contributed by atoms with Crippen molar-refractivity contribution in [3.05, 3.63) is 66.0 Å². The first kappa shape index (κ1) is 23.7. The van der Waals surface area contributed by atoms with Crippen molar-refractivity contribution in [2.75, 3.05) is 20.2 Å². The first-order chi connectivity index (χ1) is 14.3. The Hall–Kier alpha value is -2.62. The highest BCUT2D eigenvalue weighted by Crippen LogP contribution is 2.19. The lowest BCUT2D eigenvalue weighted by atomic mass is 10.1. The van der Waals surface area contributed by atoms with E-state index in [1.165, 1.54) is 0 Å². The lowest BCUT2D eigenvalue weighted by molar-refractivity contribution is 0.322. The molecule has 160 valence electrons. The maximum absolute atomic E-state index is 5.68. The van der Waals surface area contributed by atoms with Crippen LogP contribution in [0.5, 0.6) is 5.75 Å². The summed E-state index contributed by atoms with van der Waals surface area (Å²) < 4.78 is 11.1. The van der Waals surface area contributed by atoms with Gasteiger partial charge in [-0.3, -0.25) is 4.99 Å². The number of nitrogens with one attached hydrogen (secondary N) is 2. The minimum Gasteiger partial charge on any atom is -0.492 e. The summed E-state index contributed by atoms with van der Waals surface area (Å²) in [7, 11) is 1.75. The van der Waals surface area contributed by atoms with Gasteiger partial charge in [-0.1, -0.05) is 42.4 Å². The van der Waals surface area contributed by atoms with Gasteiger partial charge in [-0.25, -0.2) is 0 Å². The summed E-state index contributed by atoms with van der Waals surface area (Å²) in [5.41, 5.74) is 2.01. The minimum absolute atomic E-state index is 0. The number of halogens is 1. The normalized spacial score (nSPS) is 10.9. The van der Waals surface area contributed by atoms with Crippen LogP contribution < -0.4 is 15.4 Å². The fourth-order valence-corrected chi connectivity index (χ4v) is 2.77. The van der Waals surface area contributed by atoms with Gasteiger partial charge in [-0.15, -0.1) is 24.0 Å². The van der Waals surface area contributed by atoms with Gasteiger partial charge in [0, 0.05) is 25.6 Å². The monoisotopic (exact) mass is 521 g/mol. The molecule has 0 fully saturated rings. The van der Waals surface area contributed by atoms with Crippen LogP contribution in [-0.2, 0) is 13.0 Å². The molecular formula is C22H28IN5O2. The van der Waals surface area contributed by atoms with Gasteiger partial charge in [0.1, 0.15) is 12.4 Å². The van der Waals surface area contributed by atoms with Crippen LogP contribution in [0.25, 0.3) is 11.5 Å². The Morgan fingerprint density at radius 1 is 1.10 bits per heavy atom. The largest absolute Gasteiger partial charge is 0.492 e. The number of hydrogen-bond acceptors (Lipinski definition) is 5. The van der Waals surface area contributed by atoms with Gasteiger partial charge < -0.3 is 19.9 Å². The molecule has 3 aromatic rings. The van der Waals surface area contributed by atoms with Crippen LogP contribution >= 0.6 is 24.0 Å². The number of rotatable bonds is 9. The molecule has 0 atom stereocenters. The van der Waals surface area contributed by atoms with Crippen molar-refractivity contribution in [1.29, 1.82) is 0 Å². The standard InChI is InChI=1S/C22H27N5O2.HI/c1-3-8-20-26-21(29-27-20)18-10-7-9-17(15-18)16-25-22(23-2)24-13-14-28-19-11-5-4-6-12-19;/h4-7,9-12,15H,3,8,13-14,16H2,1-2H3,(H2,23,24,25);1H. The molecule has 2 aromatic carbocycles. The third-order valence-electron chi connectivity index (χ3n) is 4.21. The summed E-state index contributed by atoms with van der Waals surface area (Å²) in [6.45, 7) is 3.92. The van der Waals surface area contributed by atoms with Crippen LogP contribution in [0.4, 0.5) is 0 Å². The molecule has 0 aliphatic carbocycles. The number of para-hydroxylation sites is 1. The van der Waals surface area contributed by atoms with E-state index in [-0.39, 0.29) is 24.0 Å². The zero-order valence-electron chi connectivity index (χ0n) is 17.3. The molecule has 2 N–H and O–H groups in total. The quantitative estimate of drug-likeness (QED) is 0.191. The van der Waals surface area contributed by atoms with E-state index in [2.05, 4.69) is 32.7 Å². The lowest BCUT2D eigenvalue weighted by Gasteiger charge is -2.13. The Bertz CT molecular complexity index is 915. The molecule has 1 heterocycles. The number of aryl methyl sites for hydroxylation is 1. The average Bonchev–Trinajstić information content (AvgIpc) is 3.23. The predicted molar refractivity (Wildman–Crippen MR) is 129 cm³/mol. The molecule has 0 aliphatic rings. The topological polar surface area (TPSA) is 84.6 Å². The van der Waals surface area contributed by atoms with Crippen molar-refractivity contribution in [2.45, 2.75) is 26.3 Å². The number of benzene rings is 2. The number of aliphatic imine (C=N–C) groups is 1. The van der Waals surface area contributed by atoms with Gasteiger partial charge in [0.25, 0.3) is 5.89 Å². The van der Waals surface area contributed by atoms with E-state index in [4.69, 9.17) is 9.26 Å². The SMILES string of the molecule is CCCc1noc(-c2cccc(CNC(=NC)NCCOc3ccccc3)c2)n1.I. The second kappa shape index (κ2) is 12.8. The van der Waals surface area contributed by atoms with E-state index < -0.39 is 0 Å². The van der Waals surface area contributed by atoms with Crippen molar-refractivity contribution in [1.82, 2.24) is 20.8 Å². The third kappa shape index (κ3) is 7.33. The summed E-state index contributed by atoms with van der Waals surface area (Å²) in [5, 5.41) is 10.6. The van der Waals surface area contributed by atoms with E-state index in [1.54, 1.807) is 7.05 Å². The molecule has 3 rings (SSSR count). The zero-order chi connectivity index (χ0) is 20.3. The van der Waals surface area contributed by atoms with E-state index in [9.17, 15) is 0 Å². The third-order valence-corrected chi connectivity index (χ3v) is 4.21. The van der Waals surface area contributed by atoms with E-state index >= 15 is 0 Å². The van der Waals surface area contributed by atoms with E-state index in [1.807, 2.05) is 54.6 Å². The summed E-state index contributed by atoms with van der Waals surface area (Å²) in [4.78, 5) is 8.70. The summed E-state index contributed by atoms with van der Waals surface area (Å²) in [5.74, 6) is 2.87. The Morgan fingerprint density at radius 3 is 2.70 bits per heavy atom. The summed E-state index contributed by atoms with van der Waals surface area (Å²) >= 11 is 0. The highest BCUT2D eigenvalue weighted by atomic mass is 127. The van der Waals surface area contributed by atoms with Gasteiger partial charge in [-0.05, 0) is 36.2 Å². The van der Waals surface area contributed by atoms with Crippen molar-refractivity contribution in [3.8, 4) is 17.2 Å². The Morgan fingerprint density at radius 2 is 1.93 bits per heavy atom. The van der Waals surface area contributed by atoms with Crippen molar-refractivity contribution >= 4 is 29.9 Å². The molecule has 7 nitrogen and oxygen atoms in total. The molecule has 0 unspecified atom stereocenters.